The van der Waals surface area contributed by atoms with Crippen molar-refractivity contribution >= 4 is 28.2 Å². The second-order valence-corrected chi connectivity index (χ2v) is 6.65. The number of thiocarbonyl (C=S) groups is 1. The predicted octanol–water partition coefficient (Wildman–Crippen LogP) is 3.64. The summed E-state index contributed by atoms with van der Waals surface area (Å²) in [5, 5.41) is 5.61. The van der Waals surface area contributed by atoms with Gasteiger partial charge >= 0.3 is 0 Å². The number of fused-ring (bicyclic) bond motifs is 3. The van der Waals surface area contributed by atoms with Gasteiger partial charge in [0.05, 0.1) is 0 Å². The van der Waals surface area contributed by atoms with E-state index < -0.39 is 0 Å². The quantitative estimate of drug-likeness (QED) is 0.717. The summed E-state index contributed by atoms with van der Waals surface area (Å²) >= 11 is 5.62. The summed E-state index contributed by atoms with van der Waals surface area (Å²) in [6.45, 7) is 2.73. The van der Waals surface area contributed by atoms with Gasteiger partial charge in [-0.1, -0.05) is 48.5 Å². The molecule has 0 aliphatic carbocycles. The number of aromatic nitrogens is 1. The van der Waals surface area contributed by atoms with Crippen molar-refractivity contribution in [3.8, 4) is 0 Å². The van der Waals surface area contributed by atoms with Crippen molar-refractivity contribution in [1.29, 1.82) is 0 Å². The minimum absolute atomic E-state index is 0.863. The van der Waals surface area contributed by atoms with Gasteiger partial charge < -0.3 is 15.2 Å². The van der Waals surface area contributed by atoms with Crippen LogP contribution in [0.1, 0.15) is 16.8 Å². The maximum absolute atomic E-state index is 5.62. The number of H-pyrrole nitrogens is 1. The summed E-state index contributed by atoms with van der Waals surface area (Å²) < 4.78 is 0. The fourth-order valence-electron chi connectivity index (χ4n) is 3.41. The Kier molecular flexibility index (Phi) is 4.22. The van der Waals surface area contributed by atoms with Crippen LogP contribution in [0.2, 0.25) is 0 Å². The number of benzene rings is 2. The van der Waals surface area contributed by atoms with Crippen molar-refractivity contribution in [2.75, 3.05) is 13.1 Å². The van der Waals surface area contributed by atoms with E-state index in [4.69, 9.17) is 12.2 Å². The molecule has 0 amide bonds. The molecule has 0 atom stereocenters. The van der Waals surface area contributed by atoms with Crippen molar-refractivity contribution in [1.82, 2.24) is 15.2 Å². The zero-order chi connectivity index (χ0) is 16.4. The number of rotatable bonds is 3. The number of aromatic amines is 1. The van der Waals surface area contributed by atoms with Gasteiger partial charge in [0.15, 0.2) is 5.11 Å². The highest BCUT2D eigenvalue weighted by molar-refractivity contribution is 7.80. The van der Waals surface area contributed by atoms with Gasteiger partial charge in [0.1, 0.15) is 0 Å². The molecule has 4 heteroatoms. The van der Waals surface area contributed by atoms with Gasteiger partial charge in [0.2, 0.25) is 0 Å². The van der Waals surface area contributed by atoms with Crippen LogP contribution in [-0.4, -0.2) is 28.1 Å². The lowest BCUT2D eigenvalue weighted by Gasteiger charge is -2.29. The normalized spacial score (nSPS) is 13.8. The van der Waals surface area contributed by atoms with E-state index >= 15 is 0 Å². The van der Waals surface area contributed by atoms with E-state index in [0.29, 0.717) is 0 Å². The monoisotopic (exact) mass is 335 g/mol. The van der Waals surface area contributed by atoms with E-state index in [1.165, 1.54) is 27.7 Å². The Morgan fingerprint density at radius 2 is 1.88 bits per heavy atom. The molecule has 0 saturated carbocycles. The van der Waals surface area contributed by atoms with Gasteiger partial charge in [-0.25, -0.2) is 0 Å². The van der Waals surface area contributed by atoms with Crippen molar-refractivity contribution in [2.45, 2.75) is 19.4 Å². The standard InChI is InChI=1S/C20H21N3S/c24-20(21-12-10-15-6-2-1-3-7-15)23-13-11-19-17(14-23)16-8-4-5-9-18(16)22-19/h1-9,22H,10-14H2,(H,21,24). The minimum Gasteiger partial charge on any atom is -0.362 e. The van der Waals surface area contributed by atoms with Crippen molar-refractivity contribution in [2.24, 2.45) is 0 Å². The van der Waals surface area contributed by atoms with Crippen LogP contribution in [0.25, 0.3) is 10.9 Å². The fraction of sp³-hybridized carbons (Fsp3) is 0.250. The minimum atomic E-state index is 0.863. The Morgan fingerprint density at radius 3 is 2.75 bits per heavy atom. The van der Waals surface area contributed by atoms with Crippen molar-refractivity contribution in [3.63, 3.8) is 0 Å². The molecule has 2 aromatic carbocycles. The van der Waals surface area contributed by atoms with Gasteiger partial charge in [-0.2, -0.15) is 0 Å². The lowest BCUT2D eigenvalue weighted by atomic mass is 10.1. The molecule has 0 radical (unpaired) electrons. The Morgan fingerprint density at radius 1 is 1.08 bits per heavy atom. The van der Waals surface area contributed by atoms with Crippen molar-refractivity contribution < 1.29 is 0 Å². The molecule has 2 heterocycles. The van der Waals surface area contributed by atoms with Gasteiger partial charge in [-0.05, 0) is 30.3 Å². The lowest BCUT2D eigenvalue weighted by molar-refractivity contribution is 0.387. The first-order valence-electron chi connectivity index (χ1n) is 8.46. The molecule has 0 spiro atoms. The van der Waals surface area contributed by atoms with E-state index in [0.717, 1.165) is 37.6 Å². The maximum Gasteiger partial charge on any atom is 0.169 e. The lowest BCUT2D eigenvalue weighted by Crippen LogP contribution is -2.43. The summed E-state index contributed by atoms with van der Waals surface area (Å²) in [4.78, 5) is 5.83. The van der Waals surface area contributed by atoms with Crippen LogP contribution in [-0.2, 0) is 19.4 Å². The molecule has 1 aliphatic rings. The number of nitrogens with zero attached hydrogens (tertiary/aromatic N) is 1. The zero-order valence-electron chi connectivity index (χ0n) is 13.6. The maximum atomic E-state index is 5.62. The van der Waals surface area contributed by atoms with Gasteiger partial charge in [0, 0.05) is 48.2 Å². The van der Waals surface area contributed by atoms with Crippen LogP contribution in [0, 0.1) is 0 Å². The molecular weight excluding hydrogens is 314 g/mol. The van der Waals surface area contributed by atoms with Gasteiger partial charge in [-0.3, -0.25) is 0 Å². The molecule has 0 unspecified atom stereocenters. The molecule has 0 fully saturated rings. The Hall–Kier alpha value is -2.33. The van der Waals surface area contributed by atoms with Crippen LogP contribution in [0.3, 0.4) is 0 Å². The molecule has 1 aliphatic heterocycles. The van der Waals surface area contributed by atoms with E-state index in [9.17, 15) is 0 Å². The van der Waals surface area contributed by atoms with Crippen LogP contribution < -0.4 is 5.32 Å². The second kappa shape index (κ2) is 6.65. The predicted molar refractivity (Wildman–Crippen MR) is 103 cm³/mol. The molecule has 122 valence electrons. The second-order valence-electron chi connectivity index (χ2n) is 6.27. The van der Waals surface area contributed by atoms with Crippen LogP contribution in [0.15, 0.2) is 54.6 Å². The number of hydrogen-bond acceptors (Lipinski definition) is 1. The smallest absolute Gasteiger partial charge is 0.169 e. The Labute approximate surface area is 147 Å². The van der Waals surface area contributed by atoms with Crippen LogP contribution in [0.4, 0.5) is 0 Å². The van der Waals surface area contributed by atoms with Crippen LogP contribution >= 0.6 is 12.2 Å². The first-order chi connectivity index (χ1) is 11.8. The number of para-hydroxylation sites is 1. The molecular formula is C20H21N3S. The largest absolute Gasteiger partial charge is 0.362 e. The topological polar surface area (TPSA) is 31.1 Å². The molecule has 24 heavy (non-hydrogen) atoms. The third kappa shape index (κ3) is 3.02. The van der Waals surface area contributed by atoms with E-state index in [1.54, 1.807) is 0 Å². The summed E-state index contributed by atoms with van der Waals surface area (Å²) in [5.41, 5.74) is 5.32. The van der Waals surface area contributed by atoms with E-state index in [2.05, 4.69) is 63.7 Å². The zero-order valence-corrected chi connectivity index (χ0v) is 14.4. The molecule has 3 aromatic rings. The molecule has 4 rings (SSSR count). The third-order valence-corrected chi connectivity index (χ3v) is 5.11. The third-order valence-electron chi connectivity index (χ3n) is 4.70. The summed E-state index contributed by atoms with van der Waals surface area (Å²) in [5.74, 6) is 0. The highest BCUT2D eigenvalue weighted by atomic mass is 32.1. The summed E-state index contributed by atoms with van der Waals surface area (Å²) in [6, 6.07) is 19.0. The number of hydrogen-bond donors (Lipinski definition) is 2. The molecule has 1 aromatic heterocycles. The van der Waals surface area contributed by atoms with Gasteiger partial charge in [-0.15, -0.1) is 0 Å². The first kappa shape index (κ1) is 15.2. The molecule has 2 N–H and O–H groups in total. The Balaban J connectivity index is 1.40. The van der Waals surface area contributed by atoms with E-state index in [1.807, 2.05) is 6.07 Å². The highest BCUT2D eigenvalue weighted by Gasteiger charge is 2.21. The van der Waals surface area contributed by atoms with Gasteiger partial charge in [0.25, 0.3) is 0 Å². The molecule has 3 nitrogen and oxygen atoms in total. The fourth-order valence-corrected chi connectivity index (χ4v) is 3.67. The van der Waals surface area contributed by atoms with E-state index in [-0.39, 0.29) is 0 Å². The summed E-state index contributed by atoms with van der Waals surface area (Å²) in [6.07, 6.45) is 2.01. The SMILES string of the molecule is S=C(NCCc1ccccc1)N1CCc2[nH]c3ccccc3c2C1. The highest BCUT2D eigenvalue weighted by Crippen LogP contribution is 2.27. The summed E-state index contributed by atoms with van der Waals surface area (Å²) in [7, 11) is 0. The Bertz CT molecular complexity index is 854. The average Bonchev–Trinajstić information content (AvgIpc) is 3.00. The van der Waals surface area contributed by atoms with Crippen LogP contribution in [0.5, 0.6) is 0 Å². The number of nitrogens with one attached hydrogen (secondary N) is 2. The average molecular weight is 335 g/mol. The molecule has 0 saturated heterocycles. The first-order valence-corrected chi connectivity index (χ1v) is 8.87. The van der Waals surface area contributed by atoms with Crippen molar-refractivity contribution in [3.05, 3.63) is 71.4 Å². The molecule has 0 bridgehead atoms.